The highest BCUT2D eigenvalue weighted by molar-refractivity contribution is 5.93. The molecule has 0 radical (unpaired) electrons. The van der Waals surface area contributed by atoms with Gasteiger partial charge in [0.2, 0.25) is 0 Å². The second kappa shape index (κ2) is 8.62. The van der Waals surface area contributed by atoms with Gasteiger partial charge in [0.25, 0.3) is 0 Å². The van der Waals surface area contributed by atoms with Crippen LogP contribution in [0.3, 0.4) is 0 Å². The molecule has 0 bridgehead atoms. The highest BCUT2D eigenvalue weighted by Crippen LogP contribution is 2.25. The first-order valence-electron chi connectivity index (χ1n) is 10.6. The Morgan fingerprint density at radius 2 is 1.83 bits per heavy atom. The third kappa shape index (κ3) is 4.51. The number of likely N-dealkylation sites (tertiary alicyclic amines) is 1. The van der Waals surface area contributed by atoms with Crippen LogP contribution < -0.4 is 4.90 Å². The van der Waals surface area contributed by atoms with Gasteiger partial charge >= 0.3 is 12.0 Å². The molecule has 0 saturated carbocycles. The average Bonchev–Trinajstić information content (AvgIpc) is 3.00. The number of aliphatic carboxylic acids is 1. The maximum Gasteiger partial charge on any atom is 0.326 e. The van der Waals surface area contributed by atoms with Crippen molar-refractivity contribution < 1.29 is 14.7 Å². The molecule has 4 rings (SSSR count). The van der Waals surface area contributed by atoms with Crippen molar-refractivity contribution in [1.29, 1.82) is 0 Å². The fourth-order valence-corrected chi connectivity index (χ4v) is 4.50. The molecule has 2 amide bonds. The third-order valence-corrected chi connectivity index (χ3v) is 6.34. The van der Waals surface area contributed by atoms with Crippen LogP contribution >= 0.6 is 0 Å². The second-order valence-electron chi connectivity index (χ2n) is 8.27. The molecule has 0 aromatic carbocycles. The number of hydrogen-bond donors (Lipinski definition) is 1. The van der Waals surface area contributed by atoms with Crippen molar-refractivity contribution in [2.75, 3.05) is 57.8 Å². The highest BCUT2D eigenvalue weighted by atomic mass is 16.4. The van der Waals surface area contributed by atoms with E-state index in [1.807, 2.05) is 4.90 Å². The van der Waals surface area contributed by atoms with Crippen LogP contribution in [0.2, 0.25) is 0 Å². The van der Waals surface area contributed by atoms with Gasteiger partial charge in [-0.2, -0.15) is 0 Å². The molecule has 9 nitrogen and oxygen atoms in total. The molecule has 0 spiro atoms. The molecule has 0 unspecified atom stereocenters. The number of likely N-dealkylation sites (N-methyl/N-ethyl adjacent to an activating group) is 1. The van der Waals surface area contributed by atoms with Gasteiger partial charge in [-0.1, -0.05) is 0 Å². The topological polar surface area (TPSA) is 93.1 Å². The number of urea groups is 1. The van der Waals surface area contributed by atoms with Gasteiger partial charge < -0.3 is 19.8 Å². The molecule has 3 aliphatic rings. The second-order valence-corrected chi connectivity index (χ2v) is 8.27. The first-order chi connectivity index (χ1) is 14.0. The summed E-state index contributed by atoms with van der Waals surface area (Å²) >= 11 is 0. The lowest BCUT2D eigenvalue weighted by Crippen LogP contribution is -2.47. The Morgan fingerprint density at radius 1 is 1.10 bits per heavy atom. The molecule has 29 heavy (non-hydrogen) atoms. The van der Waals surface area contributed by atoms with Crippen LogP contribution in [-0.4, -0.2) is 101 Å². The standard InChI is InChI=1S/C20H30N6O3/c1-23-7-4-16-17(5-8-23)22-18(14-21-16)26-13-12-25(20(26)29)15-2-9-24(10-3-15)11-6-19(27)28/h14-15H,2-13H2,1H3,(H,27,28). The number of fused-ring (bicyclic) bond motifs is 1. The Bertz CT molecular complexity index is 765. The van der Waals surface area contributed by atoms with Crippen LogP contribution in [0.1, 0.15) is 30.7 Å². The zero-order chi connectivity index (χ0) is 20.4. The number of aromatic nitrogens is 2. The molecule has 1 aromatic rings. The van der Waals surface area contributed by atoms with E-state index < -0.39 is 5.97 Å². The molecule has 3 aliphatic heterocycles. The summed E-state index contributed by atoms with van der Waals surface area (Å²) in [5, 5.41) is 8.84. The molecule has 4 heterocycles. The van der Waals surface area contributed by atoms with Crippen LogP contribution in [0.4, 0.5) is 10.6 Å². The van der Waals surface area contributed by atoms with Gasteiger partial charge in [-0.3, -0.25) is 14.7 Å². The van der Waals surface area contributed by atoms with Crippen molar-refractivity contribution in [2.45, 2.75) is 38.1 Å². The number of carboxylic acid groups (broad SMARTS) is 1. The molecule has 2 saturated heterocycles. The quantitative estimate of drug-likeness (QED) is 0.774. The number of rotatable bonds is 5. The first-order valence-corrected chi connectivity index (χ1v) is 10.6. The lowest BCUT2D eigenvalue weighted by Gasteiger charge is -2.36. The summed E-state index contributed by atoms with van der Waals surface area (Å²) < 4.78 is 0. The highest BCUT2D eigenvalue weighted by Gasteiger charge is 2.37. The lowest BCUT2D eigenvalue weighted by atomic mass is 10.0. The minimum atomic E-state index is -0.758. The van der Waals surface area contributed by atoms with E-state index in [1.54, 1.807) is 11.1 Å². The van der Waals surface area contributed by atoms with Crippen molar-refractivity contribution in [3.63, 3.8) is 0 Å². The Hall–Kier alpha value is -2.26. The SMILES string of the molecule is CN1CCc2ncc(N3CCN(C4CCN(CCC(=O)O)CC4)C3=O)nc2CC1. The summed E-state index contributed by atoms with van der Waals surface area (Å²) in [6, 6.07) is 0.241. The van der Waals surface area contributed by atoms with Gasteiger partial charge in [0.15, 0.2) is 5.82 Å². The van der Waals surface area contributed by atoms with Gasteiger partial charge in [-0.25, -0.2) is 9.78 Å². The smallest absolute Gasteiger partial charge is 0.326 e. The van der Waals surface area contributed by atoms with Crippen molar-refractivity contribution in [3.05, 3.63) is 17.6 Å². The normalized spacial score (nSPS) is 22.0. The molecule has 0 aliphatic carbocycles. The molecule has 1 N–H and O–H groups in total. The minimum absolute atomic E-state index is 0.0222. The van der Waals surface area contributed by atoms with E-state index in [1.165, 1.54) is 0 Å². The fourth-order valence-electron chi connectivity index (χ4n) is 4.50. The number of carbonyl (C=O) groups excluding carboxylic acids is 1. The summed E-state index contributed by atoms with van der Waals surface area (Å²) in [4.78, 5) is 41.4. The number of carbonyl (C=O) groups is 2. The van der Waals surface area contributed by atoms with Gasteiger partial charge in [-0.15, -0.1) is 0 Å². The van der Waals surface area contributed by atoms with Crippen molar-refractivity contribution >= 4 is 17.8 Å². The molecule has 0 atom stereocenters. The van der Waals surface area contributed by atoms with E-state index in [9.17, 15) is 9.59 Å². The molecule has 2 fully saturated rings. The number of carboxylic acids is 1. The maximum atomic E-state index is 13.1. The van der Waals surface area contributed by atoms with Crippen LogP contribution in [0.15, 0.2) is 6.20 Å². The van der Waals surface area contributed by atoms with Gasteiger partial charge in [-0.05, 0) is 19.9 Å². The Balaban J connectivity index is 1.37. The zero-order valence-electron chi connectivity index (χ0n) is 17.1. The molecule has 1 aromatic heterocycles. The zero-order valence-corrected chi connectivity index (χ0v) is 17.1. The van der Waals surface area contributed by atoms with Crippen molar-refractivity contribution in [2.24, 2.45) is 0 Å². The van der Waals surface area contributed by atoms with Gasteiger partial charge in [0.05, 0.1) is 24.0 Å². The number of amides is 2. The van der Waals surface area contributed by atoms with E-state index in [2.05, 4.69) is 21.8 Å². The molecular formula is C20H30N6O3. The summed E-state index contributed by atoms with van der Waals surface area (Å²) in [6.45, 7) is 5.57. The summed E-state index contributed by atoms with van der Waals surface area (Å²) in [6.07, 6.45) is 5.48. The average molecular weight is 402 g/mol. The molecule has 9 heteroatoms. The third-order valence-electron chi connectivity index (χ3n) is 6.34. The predicted molar refractivity (Wildman–Crippen MR) is 108 cm³/mol. The lowest BCUT2D eigenvalue weighted by molar-refractivity contribution is -0.137. The molecule has 158 valence electrons. The number of piperidine rings is 1. The van der Waals surface area contributed by atoms with Crippen LogP contribution in [0, 0.1) is 0 Å². The van der Waals surface area contributed by atoms with Crippen LogP contribution in [0.5, 0.6) is 0 Å². The Labute approximate surface area is 171 Å². The fraction of sp³-hybridized carbons (Fsp3) is 0.700. The Morgan fingerprint density at radius 3 is 2.55 bits per heavy atom. The van der Waals surface area contributed by atoms with Crippen molar-refractivity contribution in [3.8, 4) is 0 Å². The predicted octanol–water partition coefficient (Wildman–Crippen LogP) is 0.688. The number of hydrogen-bond acceptors (Lipinski definition) is 6. The first kappa shape index (κ1) is 20.0. The van der Waals surface area contributed by atoms with Crippen molar-refractivity contribution in [1.82, 2.24) is 24.7 Å². The monoisotopic (exact) mass is 402 g/mol. The van der Waals surface area contributed by atoms with Gasteiger partial charge in [0.1, 0.15) is 0 Å². The minimum Gasteiger partial charge on any atom is -0.481 e. The van der Waals surface area contributed by atoms with E-state index in [0.717, 1.165) is 63.3 Å². The summed E-state index contributed by atoms with van der Waals surface area (Å²) in [5.74, 6) is -0.0920. The van der Waals surface area contributed by atoms with Gasteiger partial charge in [0, 0.05) is 64.7 Å². The largest absolute Gasteiger partial charge is 0.481 e. The van der Waals surface area contributed by atoms with Crippen LogP contribution in [0.25, 0.3) is 0 Å². The summed E-state index contributed by atoms with van der Waals surface area (Å²) in [7, 11) is 2.11. The Kier molecular flexibility index (Phi) is 5.96. The van der Waals surface area contributed by atoms with E-state index in [4.69, 9.17) is 10.1 Å². The van der Waals surface area contributed by atoms with E-state index >= 15 is 0 Å². The maximum absolute atomic E-state index is 13.1. The molecular weight excluding hydrogens is 372 g/mol. The summed E-state index contributed by atoms with van der Waals surface area (Å²) in [5.41, 5.74) is 2.07. The number of anilines is 1. The number of nitrogens with zero attached hydrogens (tertiary/aromatic N) is 6. The van der Waals surface area contributed by atoms with E-state index in [-0.39, 0.29) is 18.5 Å². The van der Waals surface area contributed by atoms with Crippen LogP contribution in [-0.2, 0) is 17.6 Å². The van der Waals surface area contributed by atoms with E-state index in [0.29, 0.717) is 25.5 Å².